The number of anilines is 1. The van der Waals surface area contributed by atoms with Crippen molar-refractivity contribution >= 4 is 35.8 Å². The first-order valence-electron chi connectivity index (χ1n) is 3.77. The molecular formula is C9H7ClN2OS. The molecule has 0 saturated heterocycles. The van der Waals surface area contributed by atoms with E-state index in [1.54, 1.807) is 12.1 Å². The van der Waals surface area contributed by atoms with Gasteiger partial charge in [0.1, 0.15) is 6.07 Å². The van der Waals surface area contributed by atoms with Crippen LogP contribution in [0.25, 0.3) is 0 Å². The molecule has 0 heterocycles. The maximum atomic E-state index is 11.0. The van der Waals surface area contributed by atoms with Gasteiger partial charge in [0.2, 0.25) is 5.91 Å². The number of benzene rings is 1. The van der Waals surface area contributed by atoms with Crippen LogP contribution in [-0.2, 0) is 4.79 Å². The van der Waals surface area contributed by atoms with Gasteiger partial charge >= 0.3 is 0 Å². The summed E-state index contributed by atoms with van der Waals surface area (Å²) in [6.45, 7) is 0. The Morgan fingerprint density at radius 1 is 1.64 bits per heavy atom. The Labute approximate surface area is 92.1 Å². The summed E-state index contributed by atoms with van der Waals surface area (Å²) in [6.07, 6.45) is 0. The summed E-state index contributed by atoms with van der Waals surface area (Å²) in [6, 6.07) is 6.63. The molecule has 0 atom stereocenters. The van der Waals surface area contributed by atoms with Crippen LogP contribution in [0.4, 0.5) is 5.69 Å². The zero-order valence-corrected chi connectivity index (χ0v) is 8.77. The highest BCUT2D eigenvalue weighted by Gasteiger charge is 2.05. The van der Waals surface area contributed by atoms with Crippen LogP contribution < -0.4 is 5.32 Å². The molecule has 0 saturated carbocycles. The van der Waals surface area contributed by atoms with Crippen molar-refractivity contribution in [3.05, 3.63) is 28.8 Å². The van der Waals surface area contributed by atoms with E-state index in [9.17, 15) is 4.79 Å². The fourth-order valence-corrected chi connectivity index (χ4v) is 1.16. The third kappa shape index (κ3) is 2.66. The molecule has 1 aromatic rings. The number of nitrogens with zero attached hydrogens (tertiary/aromatic N) is 1. The molecule has 72 valence electrons. The normalized spacial score (nSPS) is 9.21. The largest absolute Gasteiger partial charge is 0.324 e. The van der Waals surface area contributed by atoms with Crippen LogP contribution in [0.1, 0.15) is 5.56 Å². The predicted molar refractivity (Wildman–Crippen MR) is 58.6 cm³/mol. The van der Waals surface area contributed by atoms with E-state index in [1.807, 2.05) is 6.07 Å². The van der Waals surface area contributed by atoms with Crippen molar-refractivity contribution in [3.63, 3.8) is 0 Å². The highest BCUT2D eigenvalue weighted by molar-refractivity contribution is 7.81. The van der Waals surface area contributed by atoms with E-state index in [1.165, 1.54) is 6.07 Å². The van der Waals surface area contributed by atoms with Gasteiger partial charge in [-0.2, -0.15) is 17.9 Å². The monoisotopic (exact) mass is 226 g/mol. The minimum Gasteiger partial charge on any atom is -0.324 e. The number of thiol groups is 1. The molecule has 1 amide bonds. The molecule has 0 radical (unpaired) electrons. The summed E-state index contributed by atoms with van der Waals surface area (Å²) >= 11 is 9.50. The zero-order chi connectivity index (χ0) is 10.6. The van der Waals surface area contributed by atoms with Crippen molar-refractivity contribution in [2.45, 2.75) is 0 Å². The quantitative estimate of drug-likeness (QED) is 0.759. The Morgan fingerprint density at radius 2 is 2.36 bits per heavy atom. The average molecular weight is 227 g/mol. The fourth-order valence-electron chi connectivity index (χ4n) is 0.908. The van der Waals surface area contributed by atoms with Crippen molar-refractivity contribution in [3.8, 4) is 6.07 Å². The van der Waals surface area contributed by atoms with E-state index >= 15 is 0 Å². The second-order valence-corrected chi connectivity index (χ2v) is 3.26. The second kappa shape index (κ2) is 4.89. The minimum absolute atomic E-state index is 0.0769. The van der Waals surface area contributed by atoms with Crippen molar-refractivity contribution < 1.29 is 4.79 Å². The predicted octanol–water partition coefficient (Wildman–Crippen LogP) is 2.08. The van der Waals surface area contributed by atoms with Gasteiger partial charge in [-0.3, -0.25) is 4.79 Å². The third-order valence-electron chi connectivity index (χ3n) is 1.52. The second-order valence-electron chi connectivity index (χ2n) is 2.51. The molecule has 0 aliphatic rings. The Balaban J connectivity index is 2.98. The summed E-state index contributed by atoms with van der Waals surface area (Å²) in [4.78, 5) is 11.0. The number of amides is 1. The van der Waals surface area contributed by atoms with Crippen LogP contribution in [0.5, 0.6) is 0 Å². The summed E-state index contributed by atoms with van der Waals surface area (Å²) in [5.41, 5.74) is 0.795. The van der Waals surface area contributed by atoms with Gasteiger partial charge in [0, 0.05) is 5.02 Å². The minimum atomic E-state index is -0.257. The lowest BCUT2D eigenvalue weighted by atomic mass is 10.2. The molecule has 0 aliphatic heterocycles. The lowest BCUT2D eigenvalue weighted by Crippen LogP contribution is -2.13. The van der Waals surface area contributed by atoms with Gasteiger partial charge in [0.05, 0.1) is 17.0 Å². The first-order chi connectivity index (χ1) is 6.67. The molecule has 5 heteroatoms. The maximum absolute atomic E-state index is 11.0. The van der Waals surface area contributed by atoms with Gasteiger partial charge in [0.25, 0.3) is 0 Å². The molecule has 0 aromatic heterocycles. The molecule has 1 aromatic carbocycles. The van der Waals surface area contributed by atoms with Gasteiger partial charge in [-0.1, -0.05) is 11.6 Å². The van der Waals surface area contributed by atoms with Crippen LogP contribution in [0.2, 0.25) is 5.02 Å². The lowest BCUT2D eigenvalue weighted by Gasteiger charge is -2.05. The van der Waals surface area contributed by atoms with Gasteiger partial charge in [-0.15, -0.1) is 0 Å². The Hall–Kier alpha value is -1.18. The van der Waals surface area contributed by atoms with Crippen molar-refractivity contribution in [1.29, 1.82) is 5.26 Å². The fraction of sp³-hybridized carbons (Fsp3) is 0.111. The number of carbonyl (C=O) groups excluding carboxylic acids is 1. The number of hydrogen-bond acceptors (Lipinski definition) is 3. The highest BCUT2D eigenvalue weighted by atomic mass is 35.5. The van der Waals surface area contributed by atoms with Crippen LogP contribution >= 0.6 is 24.2 Å². The van der Waals surface area contributed by atoms with E-state index < -0.39 is 0 Å². The summed E-state index contributed by atoms with van der Waals surface area (Å²) in [5, 5.41) is 11.8. The van der Waals surface area contributed by atoms with Crippen LogP contribution in [0, 0.1) is 11.3 Å². The molecule has 1 rings (SSSR count). The number of nitriles is 1. The van der Waals surface area contributed by atoms with Gasteiger partial charge in [-0.25, -0.2) is 0 Å². The standard InChI is InChI=1S/C9H7ClN2OS/c10-7-1-2-8(6(3-7)4-11)12-9(13)5-14/h1-3,14H,5H2,(H,12,13). The molecule has 3 nitrogen and oxygen atoms in total. The number of rotatable bonds is 2. The average Bonchev–Trinajstić information content (AvgIpc) is 2.20. The topological polar surface area (TPSA) is 52.9 Å². The van der Waals surface area contributed by atoms with Crippen LogP contribution in [0.15, 0.2) is 18.2 Å². The Morgan fingerprint density at radius 3 is 2.93 bits per heavy atom. The molecule has 0 spiro atoms. The van der Waals surface area contributed by atoms with Crippen molar-refractivity contribution in [2.24, 2.45) is 0 Å². The van der Waals surface area contributed by atoms with Gasteiger partial charge < -0.3 is 5.32 Å². The SMILES string of the molecule is N#Cc1cc(Cl)ccc1NC(=O)CS. The zero-order valence-electron chi connectivity index (χ0n) is 7.12. The van der Waals surface area contributed by atoms with Crippen molar-refractivity contribution in [1.82, 2.24) is 0 Å². The van der Waals surface area contributed by atoms with E-state index in [4.69, 9.17) is 16.9 Å². The molecule has 1 N–H and O–H groups in total. The Bertz CT molecular complexity index is 400. The van der Waals surface area contributed by atoms with E-state index in [-0.39, 0.29) is 11.7 Å². The van der Waals surface area contributed by atoms with Crippen LogP contribution in [0.3, 0.4) is 0 Å². The summed E-state index contributed by atoms with van der Waals surface area (Å²) in [7, 11) is 0. The highest BCUT2D eigenvalue weighted by Crippen LogP contribution is 2.19. The number of halogens is 1. The van der Waals surface area contributed by atoms with Gasteiger partial charge in [-0.05, 0) is 18.2 Å². The smallest absolute Gasteiger partial charge is 0.234 e. The third-order valence-corrected chi connectivity index (χ3v) is 2.04. The molecule has 14 heavy (non-hydrogen) atoms. The molecule has 0 bridgehead atoms. The van der Waals surface area contributed by atoms with E-state index in [0.717, 1.165) is 0 Å². The maximum Gasteiger partial charge on any atom is 0.234 e. The van der Waals surface area contributed by atoms with Gasteiger partial charge in [0.15, 0.2) is 0 Å². The number of carbonyl (C=O) groups is 1. The Kier molecular flexibility index (Phi) is 3.81. The number of hydrogen-bond donors (Lipinski definition) is 2. The first-order valence-corrected chi connectivity index (χ1v) is 4.78. The summed E-state index contributed by atoms with van der Waals surface area (Å²) < 4.78 is 0. The molecule has 0 fully saturated rings. The van der Waals surface area contributed by atoms with E-state index in [0.29, 0.717) is 16.3 Å². The molecule has 0 aliphatic carbocycles. The lowest BCUT2D eigenvalue weighted by molar-refractivity contribution is -0.113. The molecular weight excluding hydrogens is 220 g/mol. The summed E-state index contributed by atoms with van der Waals surface area (Å²) in [5.74, 6) is -0.180. The first kappa shape index (κ1) is 10.9. The van der Waals surface area contributed by atoms with Crippen LogP contribution in [-0.4, -0.2) is 11.7 Å². The molecule has 0 unspecified atom stereocenters. The van der Waals surface area contributed by atoms with Crippen molar-refractivity contribution in [2.75, 3.05) is 11.1 Å². The van der Waals surface area contributed by atoms with E-state index in [2.05, 4.69) is 17.9 Å². The number of nitrogens with one attached hydrogen (secondary N) is 1.